The number of hydrogen-bond donors (Lipinski definition) is 1. The molecule has 0 aliphatic carbocycles. The van der Waals surface area contributed by atoms with Gasteiger partial charge in [-0.3, -0.25) is 4.72 Å². The average Bonchev–Trinajstić information content (AvgIpc) is 2.47. The number of nitrogens with one attached hydrogen (secondary N) is 1. The van der Waals surface area contributed by atoms with Crippen molar-refractivity contribution in [2.75, 3.05) is 18.1 Å². The Balaban J connectivity index is 2.30. The van der Waals surface area contributed by atoms with E-state index in [9.17, 15) is 8.42 Å². The van der Waals surface area contributed by atoms with E-state index in [-0.39, 0.29) is 4.90 Å². The maximum atomic E-state index is 12.3. The van der Waals surface area contributed by atoms with Gasteiger partial charge in [0.2, 0.25) is 0 Å². The van der Waals surface area contributed by atoms with Crippen molar-refractivity contribution in [3.63, 3.8) is 0 Å². The molecule has 2 aromatic rings. The van der Waals surface area contributed by atoms with Gasteiger partial charge < -0.3 is 4.74 Å². The van der Waals surface area contributed by atoms with Gasteiger partial charge in [-0.15, -0.1) is 11.8 Å². The molecule has 2 aromatic carbocycles. The van der Waals surface area contributed by atoms with Crippen molar-refractivity contribution in [2.24, 2.45) is 0 Å². The van der Waals surface area contributed by atoms with Gasteiger partial charge in [0.1, 0.15) is 10.6 Å². The van der Waals surface area contributed by atoms with E-state index in [4.69, 9.17) is 4.74 Å². The number of methoxy groups -OCH3 is 1. The van der Waals surface area contributed by atoms with Crippen LogP contribution in [0.1, 0.15) is 0 Å². The van der Waals surface area contributed by atoms with Gasteiger partial charge >= 0.3 is 0 Å². The van der Waals surface area contributed by atoms with E-state index in [0.717, 1.165) is 4.90 Å². The van der Waals surface area contributed by atoms with E-state index < -0.39 is 10.0 Å². The summed E-state index contributed by atoms with van der Waals surface area (Å²) >= 11 is 1.60. The molecule has 0 unspecified atom stereocenters. The van der Waals surface area contributed by atoms with Crippen LogP contribution in [0.5, 0.6) is 5.75 Å². The molecule has 2 rings (SSSR count). The quantitative estimate of drug-likeness (QED) is 0.862. The second-order valence-corrected chi connectivity index (χ2v) is 6.52. The number of thioether (sulfide) groups is 1. The Kier molecular flexibility index (Phi) is 4.57. The number of anilines is 1. The summed E-state index contributed by atoms with van der Waals surface area (Å²) in [6, 6.07) is 13.7. The Labute approximate surface area is 123 Å². The van der Waals surface area contributed by atoms with Crippen molar-refractivity contribution in [1.29, 1.82) is 0 Å². The molecule has 0 spiro atoms. The highest BCUT2D eigenvalue weighted by molar-refractivity contribution is 7.98. The van der Waals surface area contributed by atoms with Crippen LogP contribution in [0, 0.1) is 0 Å². The van der Waals surface area contributed by atoms with Gasteiger partial charge in [-0.25, -0.2) is 8.42 Å². The van der Waals surface area contributed by atoms with E-state index in [1.807, 2.05) is 18.4 Å². The Morgan fingerprint density at radius 1 is 1.05 bits per heavy atom. The zero-order valence-corrected chi connectivity index (χ0v) is 12.8. The predicted molar refractivity (Wildman–Crippen MR) is 82.0 cm³/mol. The summed E-state index contributed by atoms with van der Waals surface area (Å²) in [6.45, 7) is 0. The van der Waals surface area contributed by atoms with Crippen LogP contribution in [0.2, 0.25) is 0 Å². The first-order valence-electron chi connectivity index (χ1n) is 5.87. The monoisotopic (exact) mass is 309 g/mol. The van der Waals surface area contributed by atoms with Crippen molar-refractivity contribution in [3.8, 4) is 5.75 Å². The van der Waals surface area contributed by atoms with Crippen molar-refractivity contribution < 1.29 is 13.2 Å². The van der Waals surface area contributed by atoms with Crippen molar-refractivity contribution in [3.05, 3.63) is 48.5 Å². The smallest absolute Gasteiger partial charge is 0.265 e. The molecule has 1 N–H and O–H groups in total. The summed E-state index contributed by atoms with van der Waals surface area (Å²) in [5.41, 5.74) is 0.522. The summed E-state index contributed by atoms with van der Waals surface area (Å²) in [7, 11) is -2.21. The fourth-order valence-corrected chi connectivity index (χ4v) is 3.35. The number of ether oxygens (including phenoxy) is 1. The first-order chi connectivity index (χ1) is 9.56. The van der Waals surface area contributed by atoms with Crippen LogP contribution >= 0.6 is 11.8 Å². The van der Waals surface area contributed by atoms with Crippen LogP contribution in [0.15, 0.2) is 58.3 Å². The molecular weight excluding hydrogens is 294 g/mol. The van der Waals surface area contributed by atoms with E-state index in [2.05, 4.69) is 4.72 Å². The van der Waals surface area contributed by atoms with E-state index in [1.165, 1.54) is 13.2 Å². The molecule has 0 fully saturated rings. The Bertz CT molecular complexity index is 682. The molecular formula is C14H15NO3S2. The first-order valence-corrected chi connectivity index (χ1v) is 8.57. The lowest BCUT2D eigenvalue weighted by atomic mass is 10.3. The molecule has 0 saturated heterocycles. The summed E-state index contributed by atoms with van der Waals surface area (Å²) in [4.78, 5) is 1.20. The van der Waals surface area contributed by atoms with E-state index in [1.54, 1.807) is 42.1 Å². The molecule has 106 valence electrons. The maximum Gasteiger partial charge on any atom is 0.265 e. The summed E-state index contributed by atoms with van der Waals surface area (Å²) in [6.07, 6.45) is 1.97. The van der Waals surface area contributed by atoms with Crippen LogP contribution in [0.3, 0.4) is 0 Å². The lowest BCUT2D eigenvalue weighted by Gasteiger charge is -2.11. The average molecular weight is 309 g/mol. The van der Waals surface area contributed by atoms with Crippen LogP contribution in [-0.4, -0.2) is 21.8 Å². The molecule has 0 aliphatic rings. The van der Waals surface area contributed by atoms with Crippen molar-refractivity contribution >= 4 is 27.5 Å². The predicted octanol–water partition coefficient (Wildman–Crippen LogP) is 3.22. The number of rotatable bonds is 5. The van der Waals surface area contributed by atoms with E-state index >= 15 is 0 Å². The van der Waals surface area contributed by atoms with Crippen LogP contribution in [-0.2, 0) is 10.0 Å². The molecule has 0 atom stereocenters. The van der Waals surface area contributed by atoms with Gasteiger partial charge in [0.25, 0.3) is 10.0 Å². The summed E-state index contributed by atoms with van der Waals surface area (Å²) < 4.78 is 32.3. The van der Waals surface area contributed by atoms with Gasteiger partial charge in [-0.1, -0.05) is 12.1 Å². The molecule has 0 aliphatic heterocycles. The summed E-state index contributed by atoms with van der Waals surface area (Å²) in [5.74, 6) is 0.320. The molecule has 0 bridgehead atoms. The molecule has 6 heteroatoms. The second-order valence-electron chi connectivity index (χ2n) is 3.98. The van der Waals surface area contributed by atoms with Gasteiger partial charge in [0.05, 0.1) is 7.11 Å². The second kappa shape index (κ2) is 6.19. The van der Waals surface area contributed by atoms with Crippen molar-refractivity contribution in [1.82, 2.24) is 0 Å². The zero-order valence-electron chi connectivity index (χ0n) is 11.2. The molecule has 0 heterocycles. The minimum atomic E-state index is -3.66. The fraction of sp³-hybridized carbons (Fsp3) is 0.143. The van der Waals surface area contributed by atoms with Crippen molar-refractivity contribution in [2.45, 2.75) is 9.79 Å². The minimum Gasteiger partial charge on any atom is -0.495 e. The number of benzene rings is 2. The topological polar surface area (TPSA) is 55.4 Å². The molecule has 4 nitrogen and oxygen atoms in total. The molecule has 0 aromatic heterocycles. The lowest BCUT2D eigenvalue weighted by molar-refractivity contribution is 0.403. The maximum absolute atomic E-state index is 12.3. The first kappa shape index (κ1) is 14.7. The van der Waals surface area contributed by atoms with Gasteiger partial charge in [0, 0.05) is 10.6 Å². The number of sulfonamides is 1. The van der Waals surface area contributed by atoms with Gasteiger partial charge in [0.15, 0.2) is 0 Å². The Morgan fingerprint density at radius 3 is 2.30 bits per heavy atom. The Hall–Kier alpha value is -1.66. The number of hydrogen-bond acceptors (Lipinski definition) is 4. The third-order valence-electron chi connectivity index (χ3n) is 2.70. The fourth-order valence-electron chi connectivity index (χ4n) is 1.71. The summed E-state index contributed by atoms with van der Waals surface area (Å²) in [5, 5.41) is 0. The number of para-hydroxylation sites is 1. The van der Waals surface area contributed by atoms with Gasteiger partial charge in [-0.2, -0.15) is 0 Å². The van der Waals surface area contributed by atoms with Crippen LogP contribution in [0.25, 0.3) is 0 Å². The molecule has 0 saturated carbocycles. The van der Waals surface area contributed by atoms with E-state index in [0.29, 0.717) is 11.4 Å². The van der Waals surface area contributed by atoms with Crippen LogP contribution < -0.4 is 9.46 Å². The normalized spacial score (nSPS) is 11.1. The lowest BCUT2D eigenvalue weighted by Crippen LogP contribution is -2.13. The molecule has 20 heavy (non-hydrogen) atoms. The third kappa shape index (κ3) is 3.26. The zero-order chi connectivity index (χ0) is 14.6. The molecule has 0 radical (unpaired) electrons. The largest absolute Gasteiger partial charge is 0.495 e. The highest BCUT2D eigenvalue weighted by Crippen LogP contribution is 2.26. The van der Waals surface area contributed by atoms with Gasteiger partial charge in [-0.05, 0) is 42.7 Å². The highest BCUT2D eigenvalue weighted by atomic mass is 32.2. The highest BCUT2D eigenvalue weighted by Gasteiger charge is 2.18. The Morgan fingerprint density at radius 2 is 1.70 bits per heavy atom. The minimum absolute atomic E-state index is 0.122. The standard InChI is InChI=1S/C14H15NO3S2/c1-18-13-5-3-4-6-14(13)20(16,17)15-11-7-9-12(19-2)10-8-11/h3-10,15H,1-2H3. The molecule has 0 amide bonds. The third-order valence-corrected chi connectivity index (χ3v) is 4.87. The SMILES string of the molecule is COc1ccccc1S(=O)(=O)Nc1ccc(SC)cc1. The van der Waals surface area contributed by atoms with Crippen LogP contribution in [0.4, 0.5) is 5.69 Å².